The third-order valence-electron chi connectivity index (χ3n) is 0. The summed E-state index contributed by atoms with van der Waals surface area (Å²) in [5.74, 6) is 0. The standard InChI is InChI=1S/Mg.Ni.O3Si.2H/c;;1-4(2)3;;/q;+2;-2;;. The van der Waals surface area contributed by atoms with E-state index in [1.54, 1.807) is 0 Å². The maximum Gasteiger partial charge on any atom is 2.00 e. The van der Waals surface area contributed by atoms with E-state index in [4.69, 9.17) is 14.1 Å². The topological polar surface area (TPSA) is 63.2 Å². The maximum absolute atomic E-state index is 8.52. The first kappa shape index (κ1) is 15.8. The van der Waals surface area contributed by atoms with E-state index in [0.29, 0.717) is 0 Å². The summed E-state index contributed by atoms with van der Waals surface area (Å²) in [6.07, 6.45) is 0. The third-order valence-corrected chi connectivity index (χ3v) is 0. The van der Waals surface area contributed by atoms with Crippen LogP contribution in [-0.4, -0.2) is 32.2 Å². The van der Waals surface area contributed by atoms with E-state index >= 15 is 0 Å². The Bertz CT molecular complexity index is 33.8. The fourth-order valence-electron chi connectivity index (χ4n) is 0. The summed E-state index contributed by atoms with van der Waals surface area (Å²) >= 11 is 0. The van der Waals surface area contributed by atoms with E-state index in [9.17, 15) is 0 Å². The third kappa shape index (κ3) is 95.4. The summed E-state index contributed by atoms with van der Waals surface area (Å²) < 4.78 is 8.52. The van der Waals surface area contributed by atoms with Crippen LogP contribution in [0.3, 0.4) is 0 Å². The molecule has 0 heterocycles. The molecule has 3 nitrogen and oxygen atoms in total. The molecule has 0 amide bonds. The number of hydrogen-bond donors (Lipinski definition) is 0. The zero-order valence-electron chi connectivity index (χ0n) is 2.04. The van der Waals surface area contributed by atoms with Crippen molar-refractivity contribution in [3.63, 3.8) is 0 Å². The Labute approximate surface area is 62.7 Å². The van der Waals surface area contributed by atoms with Gasteiger partial charge in [-0.1, -0.05) is 0 Å². The summed E-state index contributed by atoms with van der Waals surface area (Å²) in [5, 5.41) is 0. The van der Waals surface area contributed by atoms with Crippen molar-refractivity contribution in [2.75, 3.05) is 0 Å². The first-order valence-electron chi connectivity index (χ1n) is 0.612. The molecule has 0 rings (SSSR count). The molecular weight excluding hydrogens is 159 g/mol. The van der Waals surface area contributed by atoms with Crippen LogP contribution in [-0.2, 0) is 21.0 Å². The van der Waals surface area contributed by atoms with Crippen LogP contribution in [0.15, 0.2) is 0 Å². The van der Waals surface area contributed by atoms with E-state index < -0.39 is 9.17 Å². The number of hydrogen-bond acceptors (Lipinski definition) is 3. The average Bonchev–Trinajstić information content (AvgIpc) is 0.811. The molecule has 0 bridgehead atoms. The molecule has 0 atom stereocenters. The quantitative estimate of drug-likeness (QED) is 0.342. The molecule has 0 aliphatic carbocycles. The molecule has 0 aliphatic heterocycles. The van der Waals surface area contributed by atoms with Crippen LogP contribution >= 0.6 is 0 Å². The second kappa shape index (κ2) is 9.30. The zero-order chi connectivity index (χ0) is 3.58. The van der Waals surface area contributed by atoms with E-state index in [0.717, 1.165) is 0 Å². The Balaban J connectivity index is -0.0000000450. The molecule has 0 saturated heterocycles. The van der Waals surface area contributed by atoms with E-state index in [-0.39, 0.29) is 39.5 Å². The predicted molar refractivity (Wildman–Crippen MR) is 15.0 cm³/mol. The summed E-state index contributed by atoms with van der Waals surface area (Å²) in [5.41, 5.74) is 0. The van der Waals surface area contributed by atoms with Crippen molar-refractivity contribution in [1.29, 1.82) is 0 Å². The maximum atomic E-state index is 8.52. The van der Waals surface area contributed by atoms with Crippen molar-refractivity contribution in [1.82, 2.24) is 0 Å². The summed E-state index contributed by atoms with van der Waals surface area (Å²) in [4.78, 5) is 17.0. The molecular formula is H2MgNiO3Si. The van der Waals surface area contributed by atoms with Crippen LogP contribution in [0.25, 0.3) is 0 Å². The van der Waals surface area contributed by atoms with Crippen molar-refractivity contribution in [3.05, 3.63) is 0 Å². The van der Waals surface area contributed by atoms with Gasteiger partial charge in [-0.15, -0.1) is 0 Å². The Morgan fingerprint density at radius 3 is 1.33 bits per heavy atom. The number of rotatable bonds is 0. The molecule has 0 radical (unpaired) electrons. The van der Waals surface area contributed by atoms with Crippen molar-refractivity contribution < 1.29 is 30.5 Å². The minimum absolute atomic E-state index is 0. The molecule has 36 valence electrons. The molecule has 0 aliphatic rings. The van der Waals surface area contributed by atoms with Gasteiger partial charge in [0.05, 0.1) is 0 Å². The fourth-order valence-corrected chi connectivity index (χ4v) is 0. The van der Waals surface area contributed by atoms with Crippen LogP contribution in [0.5, 0.6) is 0 Å². The predicted octanol–water partition coefficient (Wildman–Crippen LogP) is -3.80. The van der Waals surface area contributed by atoms with Gasteiger partial charge < -0.3 is 14.1 Å². The second-order valence-electron chi connectivity index (χ2n) is 0.250. The van der Waals surface area contributed by atoms with Gasteiger partial charge in [0, 0.05) is 9.17 Å². The molecule has 6 heteroatoms. The van der Waals surface area contributed by atoms with Crippen LogP contribution in [0, 0.1) is 0 Å². The molecule has 0 aromatic carbocycles. The minimum Gasteiger partial charge on any atom is -0.672 e. The minimum atomic E-state index is -3.63. The molecule has 0 aromatic rings. The first-order valence-corrected chi connectivity index (χ1v) is 1.84. The summed E-state index contributed by atoms with van der Waals surface area (Å²) in [6, 6.07) is 0. The normalized spacial score (nSPS) is 4.00. The monoisotopic (exact) mass is 160 g/mol. The van der Waals surface area contributed by atoms with Crippen LogP contribution in [0.4, 0.5) is 0 Å². The van der Waals surface area contributed by atoms with Gasteiger partial charge in [0.25, 0.3) is 0 Å². The summed E-state index contributed by atoms with van der Waals surface area (Å²) in [6.45, 7) is 0. The molecule has 0 saturated carbocycles. The molecule has 6 heavy (non-hydrogen) atoms. The van der Waals surface area contributed by atoms with Gasteiger partial charge in [0.2, 0.25) is 0 Å². The van der Waals surface area contributed by atoms with Crippen LogP contribution < -0.4 is 9.59 Å². The zero-order valence-corrected chi connectivity index (χ0v) is 4.03. The Kier molecular flexibility index (Phi) is 24.5. The van der Waals surface area contributed by atoms with Crippen LogP contribution in [0.1, 0.15) is 0 Å². The molecule has 0 aromatic heterocycles. The largest absolute Gasteiger partial charge is 2.00 e. The van der Waals surface area contributed by atoms with Gasteiger partial charge in [0.1, 0.15) is 0 Å². The van der Waals surface area contributed by atoms with E-state index in [1.165, 1.54) is 0 Å². The Hall–Kier alpha value is 0.877. The first-order chi connectivity index (χ1) is 1.73. The van der Waals surface area contributed by atoms with Gasteiger partial charge >= 0.3 is 39.5 Å². The molecule has 0 N–H and O–H groups in total. The summed E-state index contributed by atoms with van der Waals surface area (Å²) in [7, 11) is -3.63. The Morgan fingerprint density at radius 1 is 1.33 bits per heavy atom. The van der Waals surface area contributed by atoms with Gasteiger partial charge in [-0.05, 0) is 0 Å². The van der Waals surface area contributed by atoms with Crippen molar-refractivity contribution in [3.8, 4) is 0 Å². The smallest absolute Gasteiger partial charge is 0.672 e. The molecule has 0 fully saturated rings. The molecule has 0 spiro atoms. The van der Waals surface area contributed by atoms with Crippen molar-refractivity contribution in [2.24, 2.45) is 0 Å². The van der Waals surface area contributed by atoms with Gasteiger partial charge in [-0.25, -0.2) is 0 Å². The van der Waals surface area contributed by atoms with Gasteiger partial charge in [-0.2, -0.15) is 0 Å². The average molecular weight is 161 g/mol. The van der Waals surface area contributed by atoms with Gasteiger partial charge in [0.15, 0.2) is 0 Å². The van der Waals surface area contributed by atoms with Crippen LogP contribution in [0.2, 0.25) is 0 Å². The second-order valence-corrected chi connectivity index (χ2v) is 0.750. The SMILES string of the molecule is O=[Si]([O-])[O-].[MgH2].[Ni+2]. The fraction of sp³-hybridized carbons (Fsp3) is 0. The molecule has 0 unspecified atom stereocenters. The van der Waals surface area contributed by atoms with Crippen molar-refractivity contribution in [2.45, 2.75) is 0 Å². The van der Waals surface area contributed by atoms with Gasteiger partial charge in [-0.3, -0.25) is 0 Å². The van der Waals surface area contributed by atoms with E-state index in [2.05, 4.69) is 0 Å². The van der Waals surface area contributed by atoms with E-state index in [1.807, 2.05) is 0 Å². The Morgan fingerprint density at radius 2 is 1.33 bits per heavy atom. The van der Waals surface area contributed by atoms with Crippen molar-refractivity contribution >= 4 is 32.2 Å².